The van der Waals surface area contributed by atoms with Crippen molar-refractivity contribution < 1.29 is 9.90 Å². The Balaban J connectivity index is 0.000000821. The fourth-order valence-electron chi connectivity index (χ4n) is 3.23. The lowest BCUT2D eigenvalue weighted by molar-refractivity contribution is -0.122. The normalized spacial score (nSPS) is 11.2. The lowest BCUT2D eigenvalue weighted by Gasteiger charge is -2.10. The van der Waals surface area contributed by atoms with Gasteiger partial charge in [-0.15, -0.1) is 10.2 Å². The van der Waals surface area contributed by atoms with E-state index in [2.05, 4.69) is 56.0 Å². The predicted molar refractivity (Wildman–Crippen MR) is 124 cm³/mol. The predicted octanol–water partition coefficient (Wildman–Crippen LogP) is 2.29. The Morgan fingerprint density at radius 3 is 2.73 bits per heavy atom. The van der Waals surface area contributed by atoms with E-state index in [1.807, 2.05) is 37.8 Å². The van der Waals surface area contributed by atoms with Crippen LogP contribution in [0.1, 0.15) is 0 Å². The molecule has 5 aromatic rings. The van der Waals surface area contributed by atoms with Gasteiger partial charge in [0.25, 0.3) is 6.47 Å². The molecule has 33 heavy (non-hydrogen) atoms. The van der Waals surface area contributed by atoms with E-state index < -0.39 is 0 Å². The summed E-state index contributed by atoms with van der Waals surface area (Å²) in [5, 5.41) is 25.2. The van der Waals surface area contributed by atoms with E-state index in [0.29, 0.717) is 5.65 Å². The number of aromatic nitrogens is 8. The van der Waals surface area contributed by atoms with Gasteiger partial charge >= 0.3 is 0 Å². The number of carboxylic acid groups (broad SMARTS) is 1. The lowest BCUT2D eigenvalue weighted by Crippen LogP contribution is -2.17. The number of imidazole rings is 1. The number of hydrogen-bond acceptors (Lipinski definition) is 8. The Morgan fingerprint density at radius 1 is 1.18 bits per heavy atom. The molecule has 0 saturated carbocycles. The molecule has 0 unspecified atom stereocenters. The molecular weight excluding hydrogens is 442 g/mol. The van der Waals surface area contributed by atoms with Crippen LogP contribution in [0.4, 0.5) is 0 Å². The fraction of sp³-hybridized carbons (Fsp3) is 0.238. The summed E-state index contributed by atoms with van der Waals surface area (Å²) in [6.07, 6.45) is 5.64. The van der Waals surface area contributed by atoms with Crippen LogP contribution < -0.4 is 0 Å². The molecule has 4 heterocycles. The molecule has 0 spiro atoms. The minimum Gasteiger partial charge on any atom is -0.483 e. The molecular formula is C21H23N9O2S. The van der Waals surface area contributed by atoms with Crippen LogP contribution in [0, 0.1) is 0 Å². The molecule has 12 heteroatoms. The molecule has 4 aromatic heterocycles. The van der Waals surface area contributed by atoms with Gasteiger partial charge in [-0.2, -0.15) is 14.7 Å². The first-order valence-electron chi connectivity index (χ1n) is 10.1. The molecule has 0 fully saturated rings. The maximum Gasteiger partial charge on any atom is 0.290 e. The Bertz CT molecular complexity index is 1390. The summed E-state index contributed by atoms with van der Waals surface area (Å²) in [6.45, 7) is 1.60. The van der Waals surface area contributed by atoms with Gasteiger partial charge in [0.2, 0.25) is 5.16 Å². The van der Waals surface area contributed by atoms with Crippen molar-refractivity contribution in [1.82, 2.24) is 44.0 Å². The zero-order valence-electron chi connectivity index (χ0n) is 18.4. The largest absolute Gasteiger partial charge is 0.483 e. The average molecular weight is 466 g/mol. The SMILES string of the molecule is CN(C)CCn1cnc2ccc(Sc3nnc4ccc(-c5cnn(C)c5)nn34)cc21.O=CO. The zero-order chi connectivity index (χ0) is 23.4. The van der Waals surface area contributed by atoms with Crippen LogP contribution in [-0.4, -0.2) is 76.3 Å². The molecule has 1 aromatic carbocycles. The van der Waals surface area contributed by atoms with Gasteiger partial charge in [-0.3, -0.25) is 9.48 Å². The zero-order valence-corrected chi connectivity index (χ0v) is 19.2. The molecule has 0 aliphatic rings. The summed E-state index contributed by atoms with van der Waals surface area (Å²) in [4.78, 5) is 16.1. The summed E-state index contributed by atoms with van der Waals surface area (Å²) >= 11 is 1.54. The first-order chi connectivity index (χ1) is 16.0. The number of likely N-dealkylation sites (N-methyl/N-ethyl adjacent to an activating group) is 1. The molecule has 0 atom stereocenters. The fourth-order valence-corrected chi connectivity index (χ4v) is 4.05. The summed E-state index contributed by atoms with van der Waals surface area (Å²) in [6, 6.07) is 10.1. The summed E-state index contributed by atoms with van der Waals surface area (Å²) in [7, 11) is 6.04. The number of hydrogen-bond donors (Lipinski definition) is 1. The molecule has 11 nitrogen and oxygen atoms in total. The quantitative estimate of drug-likeness (QED) is 0.377. The minimum absolute atomic E-state index is 0.250. The molecule has 0 saturated heterocycles. The van der Waals surface area contributed by atoms with Gasteiger partial charge in [-0.1, -0.05) is 0 Å². The van der Waals surface area contributed by atoms with Gasteiger partial charge in [0.15, 0.2) is 5.65 Å². The number of aryl methyl sites for hydroxylation is 1. The van der Waals surface area contributed by atoms with Gasteiger partial charge in [0.05, 0.1) is 29.3 Å². The first-order valence-corrected chi connectivity index (χ1v) is 10.9. The molecule has 170 valence electrons. The second-order valence-electron chi connectivity index (χ2n) is 7.47. The van der Waals surface area contributed by atoms with Crippen molar-refractivity contribution in [2.75, 3.05) is 20.6 Å². The van der Waals surface area contributed by atoms with Crippen molar-refractivity contribution in [2.45, 2.75) is 16.6 Å². The van der Waals surface area contributed by atoms with Gasteiger partial charge in [0, 0.05) is 36.8 Å². The van der Waals surface area contributed by atoms with E-state index in [9.17, 15) is 0 Å². The summed E-state index contributed by atoms with van der Waals surface area (Å²) < 4.78 is 5.72. The third kappa shape index (κ3) is 5.02. The van der Waals surface area contributed by atoms with E-state index in [-0.39, 0.29) is 6.47 Å². The molecule has 1 N–H and O–H groups in total. The van der Waals surface area contributed by atoms with Crippen molar-refractivity contribution in [1.29, 1.82) is 0 Å². The van der Waals surface area contributed by atoms with Crippen molar-refractivity contribution in [3.8, 4) is 11.3 Å². The van der Waals surface area contributed by atoms with Crippen LogP contribution in [-0.2, 0) is 18.4 Å². The second-order valence-corrected chi connectivity index (χ2v) is 8.51. The van der Waals surface area contributed by atoms with Crippen LogP contribution >= 0.6 is 11.8 Å². The van der Waals surface area contributed by atoms with E-state index in [0.717, 1.165) is 45.4 Å². The highest BCUT2D eigenvalue weighted by Gasteiger charge is 2.12. The van der Waals surface area contributed by atoms with Crippen LogP contribution in [0.5, 0.6) is 0 Å². The number of nitrogens with zero attached hydrogens (tertiary/aromatic N) is 9. The molecule has 0 aliphatic carbocycles. The lowest BCUT2D eigenvalue weighted by atomic mass is 10.2. The Morgan fingerprint density at radius 2 is 2.00 bits per heavy atom. The average Bonchev–Trinajstić information content (AvgIpc) is 3.51. The van der Waals surface area contributed by atoms with Gasteiger partial charge in [-0.05, 0) is 56.2 Å². The Kier molecular flexibility index (Phi) is 6.66. The summed E-state index contributed by atoms with van der Waals surface area (Å²) in [5.74, 6) is 0. The van der Waals surface area contributed by atoms with E-state index in [4.69, 9.17) is 15.0 Å². The van der Waals surface area contributed by atoms with Crippen LogP contribution in [0.25, 0.3) is 27.9 Å². The Hall–Kier alpha value is -3.77. The van der Waals surface area contributed by atoms with Crippen molar-refractivity contribution in [3.63, 3.8) is 0 Å². The van der Waals surface area contributed by atoms with Gasteiger partial charge in [-0.25, -0.2) is 4.98 Å². The monoisotopic (exact) mass is 465 g/mol. The second kappa shape index (κ2) is 9.79. The number of rotatable bonds is 6. The standard InChI is InChI=1S/C20H21N9S.CH2O2/c1-26(2)8-9-28-13-21-17-5-4-15(10-18(17)28)30-20-24-23-19-7-6-16(25-29(19)20)14-11-22-27(3)12-14;2-1-3/h4-7,10-13H,8-9H2,1-3H3;1H,(H,2,3). The summed E-state index contributed by atoms with van der Waals surface area (Å²) in [5.41, 5.74) is 4.59. The van der Waals surface area contributed by atoms with Gasteiger partial charge in [0.1, 0.15) is 0 Å². The van der Waals surface area contributed by atoms with Gasteiger partial charge < -0.3 is 14.6 Å². The van der Waals surface area contributed by atoms with E-state index >= 15 is 0 Å². The number of fused-ring (bicyclic) bond motifs is 2. The maximum atomic E-state index is 8.36. The third-order valence-corrected chi connectivity index (χ3v) is 5.75. The van der Waals surface area contributed by atoms with Crippen molar-refractivity contribution >= 4 is 34.9 Å². The van der Waals surface area contributed by atoms with E-state index in [1.165, 1.54) is 11.8 Å². The van der Waals surface area contributed by atoms with Crippen LogP contribution in [0.15, 0.2) is 59.1 Å². The third-order valence-electron chi connectivity index (χ3n) is 4.82. The Labute approximate surface area is 193 Å². The molecule has 0 bridgehead atoms. The molecule has 0 radical (unpaired) electrons. The van der Waals surface area contributed by atoms with Crippen molar-refractivity contribution in [2.24, 2.45) is 7.05 Å². The minimum atomic E-state index is -0.250. The number of benzene rings is 1. The smallest absolute Gasteiger partial charge is 0.290 e. The highest BCUT2D eigenvalue weighted by molar-refractivity contribution is 7.99. The molecule has 5 rings (SSSR count). The molecule has 0 amide bonds. The van der Waals surface area contributed by atoms with E-state index in [1.54, 1.807) is 15.4 Å². The maximum absolute atomic E-state index is 8.36. The van der Waals surface area contributed by atoms with Crippen LogP contribution in [0.2, 0.25) is 0 Å². The van der Waals surface area contributed by atoms with Crippen LogP contribution in [0.3, 0.4) is 0 Å². The number of carbonyl (C=O) groups is 1. The topological polar surface area (TPSA) is 119 Å². The molecule has 0 aliphatic heterocycles. The van der Waals surface area contributed by atoms with Crippen molar-refractivity contribution in [3.05, 3.63) is 49.1 Å². The highest BCUT2D eigenvalue weighted by atomic mass is 32.2. The first kappa shape index (κ1) is 22.4. The highest BCUT2D eigenvalue weighted by Crippen LogP contribution is 2.29.